The van der Waals surface area contributed by atoms with Gasteiger partial charge in [0.05, 0.1) is 17.3 Å². The molecule has 0 bridgehead atoms. The van der Waals surface area contributed by atoms with Gasteiger partial charge in [-0.3, -0.25) is 9.78 Å². The molecule has 1 amide bonds. The van der Waals surface area contributed by atoms with Crippen molar-refractivity contribution in [2.24, 2.45) is 0 Å². The van der Waals surface area contributed by atoms with Crippen molar-refractivity contribution in [3.05, 3.63) is 53.3 Å². The van der Waals surface area contributed by atoms with Crippen molar-refractivity contribution < 1.29 is 9.53 Å². The topological polar surface area (TPSA) is 64.1 Å². The van der Waals surface area contributed by atoms with Gasteiger partial charge in [-0.15, -0.1) is 11.3 Å². The van der Waals surface area contributed by atoms with E-state index in [1.54, 1.807) is 25.6 Å². The molecule has 2 heterocycles. The van der Waals surface area contributed by atoms with Gasteiger partial charge in [-0.05, 0) is 12.1 Å². The van der Waals surface area contributed by atoms with Crippen molar-refractivity contribution in [1.29, 1.82) is 0 Å². The van der Waals surface area contributed by atoms with Gasteiger partial charge >= 0.3 is 0 Å². The number of carbonyl (C=O) groups is 1. The highest BCUT2D eigenvalue weighted by atomic mass is 32.1. The van der Waals surface area contributed by atoms with Crippen LogP contribution in [0.4, 0.5) is 0 Å². The fourth-order valence-electron chi connectivity index (χ4n) is 1.98. The van der Waals surface area contributed by atoms with Crippen molar-refractivity contribution in [3.63, 3.8) is 0 Å². The molecule has 1 aromatic carbocycles. The highest BCUT2D eigenvalue weighted by Crippen LogP contribution is 2.21. The summed E-state index contributed by atoms with van der Waals surface area (Å²) >= 11 is 1.33. The molecule has 1 N–H and O–H groups in total. The van der Waals surface area contributed by atoms with Crippen LogP contribution in [0.15, 0.2) is 42.7 Å². The zero-order valence-corrected chi connectivity index (χ0v) is 12.2. The lowest BCUT2D eigenvalue weighted by Gasteiger charge is -2.08. The molecular weight excluding hydrogens is 286 g/mol. The van der Waals surface area contributed by atoms with E-state index in [0.29, 0.717) is 11.6 Å². The van der Waals surface area contributed by atoms with E-state index in [1.807, 2.05) is 24.3 Å². The normalized spacial score (nSPS) is 10.5. The van der Waals surface area contributed by atoms with E-state index in [1.165, 1.54) is 11.3 Å². The van der Waals surface area contributed by atoms with Crippen LogP contribution in [0.5, 0.6) is 5.75 Å². The molecule has 5 nitrogen and oxygen atoms in total. The first kappa shape index (κ1) is 13.5. The summed E-state index contributed by atoms with van der Waals surface area (Å²) in [7, 11) is 1.61. The maximum Gasteiger partial charge on any atom is 0.280 e. The van der Waals surface area contributed by atoms with E-state index in [-0.39, 0.29) is 5.91 Å². The monoisotopic (exact) mass is 299 g/mol. The van der Waals surface area contributed by atoms with Gasteiger partial charge in [0.15, 0.2) is 5.01 Å². The van der Waals surface area contributed by atoms with Crippen LogP contribution in [-0.4, -0.2) is 23.0 Å². The Morgan fingerprint density at radius 1 is 1.33 bits per heavy atom. The summed E-state index contributed by atoms with van der Waals surface area (Å²) in [6, 6.07) is 9.38. The Labute approximate surface area is 125 Å². The lowest BCUT2D eigenvalue weighted by atomic mass is 10.2. The molecule has 0 unspecified atom stereocenters. The number of aromatic nitrogens is 2. The third-order valence-electron chi connectivity index (χ3n) is 3.02. The molecule has 0 spiro atoms. The molecular formula is C15H13N3O2S. The summed E-state index contributed by atoms with van der Waals surface area (Å²) < 4.78 is 6.16. The number of fused-ring (bicyclic) bond motifs is 1. The number of benzene rings is 1. The number of nitrogens with one attached hydrogen (secondary N) is 1. The van der Waals surface area contributed by atoms with Crippen LogP contribution in [0.3, 0.4) is 0 Å². The predicted octanol–water partition coefficient (Wildman–Crippen LogP) is 2.63. The number of nitrogens with zero attached hydrogens (tertiary/aromatic N) is 2. The van der Waals surface area contributed by atoms with E-state index >= 15 is 0 Å². The van der Waals surface area contributed by atoms with Crippen LogP contribution < -0.4 is 10.1 Å². The van der Waals surface area contributed by atoms with E-state index in [4.69, 9.17) is 4.74 Å². The summed E-state index contributed by atoms with van der Waals surface area (Å²) in [6.45, 7) is 0.400. The van der Waals surface area contributed by atoms with Crippen molar-refractivity contribution in [1.82, 2.24) is 15.3 Å². The molecule has 106 valence electrons. The number of hydrogen-bond donors (Lipinski definition) is 1. The minimum atomic E-state index is -0.192. The Morgan fingerprint density at radius 3 is 3.00 bits per heavy atom. The molecule has 3 rings (SSSR count). The van der Waals surface area contributed by atoms with Crippen LogP contribution in [0.1, 0.15) is 15.4 Å². The number of ether oxygens (including phenoxy) is 1. The summed E-state index contributed by atoms with van der Waals surface area (Å²) in [6.07, 6.45) is 3.38. The molecule has 0 radical (unpaired) electrons. The van der Waals surface area contributed by atoms with Crippen molar-refractivity contribution in [3.8, 4) is 5.75 Å². The predicted molar refractivity (Wildman–Crippen MR) is 81.6 cm³/mol. The van der Waals surface area contributed by atoms with Gasteiger partial charge in [-0.2, -0.15) is 0 Å². The minimum absolute atomic E-state index is 0.192. The maximum atomic E-state index is 12.2. The fraction of sp³-hybridized carbons (Fsp3) is 0.133. The summed E-state index contributed by atoms with van der Waals surface area (Å²) in [5, 5.41) is 3.30. The first-order valence-electron chi connectivity index (χ1n) is 6.38. The van der Waals surface area contributed by atoms with Crippen molar-refractivity contribution in [2.45, 2.75) is 6.54 Å². The Kier molecular flexibility index (Phi) is 3.79. The quantitative estimate of drug-likeness (QED) is 0.804. The Balaban J connectivity index is 1.74. The molecule has 0 aliphatic heterocycles. The largest absolute Gasteiger partial charge is 0.496 e. The van der Waals surface area contributed by atoms with Crippen LogP contribution in [0.25, 0.3) is 10.2 Å². The Morgan fingerprint density at radius 2 is 2.19 bits per heavy atom. The number of methoxy groups -OCH3 is 1. The lowest BCUT2D eigenvalue weighted by molar-refractivity contribution is 0.0950. The van der Waals surface area contributed by atoms with E-state index in [0.717, 1.165) is 21.5 Å². The minimum Gasteiger partial charge on any atom is -0.496 e. The summed E-state index contributed by atoms with van der Waals surface area (Å²) in [4.78, 5) is 20.5. The highest BCUT2D eigenvalue weighted by Gasteiger charge is 2.12. The number of amides is 1. The number of rotatable bonds is 4. The lowest BCUT2D eigenvalue weighted by Crippen LogP contribution is -2.22. The third-order valence-corrected chi connectivity index (χ3v) is 4.02. The first-order valence-corrected chi connectivity index (χ1v) is 7.20. The standard InChI is InChI=1S/C15H13N3O2S/c1-20-12-5-3-2-4-10(12)8-17-14(19)15-18-11-6-7-16-9-13(11)21-15/h2-7,9H,8H2,1H3,(H,17,19). The zero-order valence-electron chi connectivity index (χ0n) is 11.4. The maximum absolute atomic E-state index is 12.2. The smallest absolute Gasteiger partial charge is 0.280 e. The summed E-state index contributed by atoms with van der Waals surface area (Å²) in [5.41, 5.74) is 1.72. The van der Waals surface area contributed by atoms with Gasteiger partial charge < -0.3 is 10.1 Å². The molecule has 6 heteroatoms. The van der Waals surface area contributed by atoms with Crippen molar-refractivity contribution in [2.75, 3.05) is 7.11 Å². The van der Waals surface area contributed by atoms with Crippen LogP contribution >= 0.6 is 11.3 Å². The van der Waals surface area contributed by atoms with Crippen molar-refractivity contribution >= 4 is 27.5 Å². The van der Waals surface area contributed by atoms with Gasteiger partial charge in [0.2, 0.25) is 0 Å². The molecule has 0 aliphatic carbocycles. The molecule has 2 aromatic heterocycles. The average Bonchev–Trinajstić information content (AvgIpc) is 2.97. The molecule has 0 saturated heterocycles. The van der Waals surface area contributed by atoms with Gasteiger partial charge in [-0.25, -0.2) is 4.98 Å². The van der Waals surface area contributed by atoms with Gasteiger partial charge in [-0.1, -0.05) is 18.2 Å². The summed E-state index contributed by atoms with van der Waals surface area (Å²) in [5.74, 6) is 0.563. The number of carbonyl (C=O) groups excluding carboxylic acids is 1. The number of hydrogen-bond acceptors (Lipinski definition) is 5. The Bertz CT molecular complexity index is 752. The van der Waals surface area contributed by atoms with Crippen LogP contribution in [0.2, 0.25) is 0 Å². The fourth-order valence-corrected chi connectivity index (χ4v) is 2.83. The molecule has 21 heavy (non-hydrogen) atoms. The molecule has 0 aliphatic rings. The first-order chi connectivity index (χ1) is 10.3. The van der Waals surface area contributed by atoms with E-state index < -0.39 is 0 Å². The van der Waals surface area contributed by atoms with E-state index in [9.17, 15) is 4.79 Å². The number of para-hydroxylation sites is 1. The molecule has 0 atom stereocenters. The van der Waals surface area contributed by atoms with Gasteiger partial charge in [0.25, 0.3) is 5.91 Å². The van der Waals surface area contributed by atoms with Gasteiger partial charge in [0.1, 0.15) is 5.75 Å². The molecule has 3 aromatic rings. The third kappa shape index (κ3) is 2.85. The SMILES string of the molecule is COc1ccccc1CNC(=O)c1nc2ccncc2s1. The highest BCUT2D eigenvalue weighted by molar-refractivity contribution is 7.20. The van der Waals surface area contributed by atoms with Crippen LogP contribution in [0, 0.1) is 0 Å². The second kappa shape index (κ2) is 5.88. The number of thiazole rings is 1. The van der Waals surface area contributed by atoms with E-state index in [2.05, 4.69) is 15.3 Å². The van der Waals surface area contributed by atoms with Gasteiger partial charge in [0, 0.05) is 24.5 Å². The zero-order chi connectivity index (χ0) is 14.7. The second-order valence-corrected chi connectivity index (χ2v) is 5.39. The number of pyridine rings is 1. The average molecular weight is 299 g/mol. The molecule has 0 fully saturated rings. The molecule has 0 saturated carbocycles. The van der Waals surface area contributed by atoms with Crippen LogP contribution in [-0.2, 0) is 6.54 Å². The Hall–Kier alpha value is -2.47. The second-order valence-electron chi connectivity index (χ2n) is 4.36.